The minimum Gasteiger partial charge on any atom is -0.389 e. The van der Waals surface area contributed by atoms with Crippen LogP contribution in [-0.4, -0.2) is 28.0 Å². The van der Waals surface area contributed by atoms with E-state index in [1.165, 1.54) is 0 Å². The second-order valence-corrected chi connectivity index (χ2v) is 5.69. The fourth-order valence-electron chi connectivity index (χ4n) is 1.51. The number of aromatic nitrogens is 1. The van der Waals surface area contributed by atoms with E-state index in [2.05, 4.69) is 23.5 Å². The van der Waals surface area contributed by atoms with Crippen molar-refractivity contribution in [3.05, 3.63) is 23.4 Å². The Bertz CT molecular complexity index is 393. The zero-order valence-electron chi connectivity index (χ0n) is 10.5. The Kier molecular flexibility index (Phi) is 5.71. The third kappa shape index (κ3) is 4.16. The molecule has 0 fully saturated rings. The molecule has 1 aromatic rings. The largest absolute Gasteiger partial charge is 0.389 e. The summed E-state index contributed by atoms with van der Waals surface area (Å²) in [5.74, 6) is 0.797. The predicted molar refractivity (Wildman–Crippen MR) is 80.9 cm³/mol. The van der Waals surface area contributed by atoms with Crippen molar-refractivity contribution in [2.45, 2.75) is 25.5 Å². The van der Waals surface area contributed by atoms with Gasteiger partial charge in [0.25, 0.3) is 0 Å². The van der Waals surface area contributed by atoms with Crippen LogP contribution in [0.25, 0.3) is 0 Å². The Morgan fingerprint density at radius 1 is 1.65 bits per heavy atom. The number of pyridine rings is 1. The lowest BCUT2D eigenvalue weighted by Crippen LogP contribution is -2.17. The van der Waals surface area contributed by atoms with E-state index in [0.29, 0.717) is 10.2 Å². The Labute approximate surface area is 113 Å². The SMILES string of the molecule is CSC(C)CCNc1nccc(C)c1C(N)=S. The number of aryl methyl sites for hydroxylation is 1. The Hall–Kier alpha value is -0.810. The fourth-order valence-corrected chi connectivity index (χ4v) is 2.13. The third-order valence-electron chi connectivity index (χ3n) is 2.65. The van der Waals surface area contributed by atoms with E-state index in [4.69, 9.17) is 18.0 Å². The fraction of sp³-hybridized carbons (Fsp3) is 0.500. The number of thiocarbonyl (C=S) groups is 1. The van der Waals surface area contributed by atoms with Gasteiger partial charge in [-0.1, -0.05) is 19.1 Å². The van der Waals surface area contributed by atoms with Gasteiger partial charge in [0.05, 0.1) is 5.56 Å². The zero-order valence-corrected chi connectivity index (χ0v) is 12.1. The van der Waals surface area contributed by atoms with Crippen LogP contribution in [0.1, 0.15) is 24.5 Å². The molecule has 3 N–H and O–H groups in total. The number of hydrogen-bond acceptors (Lipinski definition) is 4. The summed E-state index contributed by atoms with van der Waals surface area (Å²) < 4.78 is 0. The van der Waals surface area contributed by atoms with Gasteiger partial charge in [0, 0.05) is 18.0 Å². The number of hydrogen-bond donors (Lipinski definition) is 2. The third-order valence-corrected chi connectivity index (χ3v) is 3.90. The average molecular weight is 269 g/mol. The summed E-state index contributed by atoms with van der Waals surface area (Å²) >= 11 is 6.92. The molecule has 94 valence electrons. The van der Waals surface area contributed by atoms with Gasteiger partial charge in [-0.3, -0.25) is 0 Å². The predicted octanol–water partition coefficient (Wildman–Crippen LogP) is 2.58. The lowest BCUT2D eigenvalue weighted by molar-refractivity contribution is 0.849. The monoisotopic (exact) mass is 269 g/mol. The first-order chi connectivity index (χ1) is 8.06. The van der Waals surface area contributed by atoms with E-state index in [9.17, 15) is 0 Å². The van der Waals surface area contributed by atoms with Gasteiger partial charge in [0.2, 0.25) is 0 Å². The Morgan fingerprint density at radius 2 is 2.35 bits per heavy atom. The summed E-state index contributed by atoms with van der Waals surface area (Å²) in [7, 11) is 0. The zero-order chi connectivity index (χ0) is 12.8. The average Bonchev–Trinajstić information content (AvgIpc) is 2.28. The van der Waals surface area contributed by atoms with Gasteiger partial charge >= 0.3 is 0 Å². The van der Waals surface area contributed by atoms with Crippen LogP contribution in [0, 0.1) is 6.92 Å². The van der Waals surface area contributed by atoms with Crippen LogP contribution in [0.3, 0.4) is 0 Å². The van der Waals surface area contributed by atoms with Gasteiger partial charge in [0.15, 0.2) is 0 Å². The van der Waals surface area contributed by atoms with Crippen molar-refractivity contribution in [1.29, 1.82) is 0 Å². The molecule has 0 aliphatic rings. The maximum absolute atomic E-state index is 5.72. The van der Waals surface area contributed by atoms with Crippen molar-refractivity contribution in [3.8, 4) is 0 Å². The molecule has 1 heterocycles. The molecule has 3 nitrogen and oxygen atoms in total. The summed E-state index contributed by atoms with van der Waals surface area (Å²) in [4.78, 5) is 4.70. The molecule has 0 bridgehead atoms. The van der Waals surface area contributed by atoms with Crippen LogP contribution in [0.15, 0.2) is 12.3 Å². The van der Waals surface area contributed by atoms with Crippen LogP contribution in [-0.2, 0) is 0 Å². The van der Waals surface area contributed by atoms with Gasteiger partial charge in [-0.2, -0.15) is 11.8 Å². The summed E-state index contributed by atoms with van der Waals surface area (Å²) in [5.41, 5.74) is 7.64. The Morgan fingerprint density at radius 3 is 2.94 bits per heavy atom. The van der Waals surface area contributed by atoms with Gasteiger partial charge in [-0.25, -0.2) is 4.98 Å². The number of thioether (sulfide) groups is 1. The van der Waals surface area contributed by atoms with Gasteiger partial charge < -0.3 is 11.1 Å². The maximum Gasteiger partial charge on any atom is 0.136 e. The highest BCUT2D eigenvalue weighted by atomic mass is 32.2. The molecule has 0 amide bonds. The smallest absolute Gasteiger partial charge is 0.136 e. The summed E-state index contributed by atoms with van der Waals surface area (Å²) in [6.07, 6.45) is 4.99. The maximum atomic E-state index is 5.72. The highest BCUT2D eigenvalue weighted by Crippen LogP contribution is 2.17. The van der Waals surface area contributed by atoms with Crippen molar-refractivity contribution in [1.82, 2.24) is 4.98 Å². The van der Waals surface area contributed by atoms with Crippen LogP contribution < -0.4 is 11.1 Å². The standard InChI is InChI=1S/C12H19N3S2/c1-8-4-6-14-12(10(8)11(13)16)15-7-5-9(2)17-3/h4,6,9H,5,7H2,1-3H3,(H2,13,16)(H,14,15). The molecule has 1 unspecified atom stereocenters. The summed E-state index contributed by atoms with van der Waals surface area (Å²) in [5, 5.41) is 3.95. The van der Waals surface area contributed by atoms with E-state index in [1.54, 1.807) is 6.20 Å². The van der Waals surface area contributed by atoms with Crippen LogP contribution in [0.5, 0.6) is 0 Å². The molecule has 0 aliphatic heterocycles. The molecule has 0 spiro atoms. The van der Waals surface area contributed by atoms with E-state index < -0.39 is 0 Å². The number of nitrogens with one attached hydrogen (secondary N) is 1. The van der Waals surface area contributed by atoms with Crippen molar-refractivity contribution in [3.63, 3.8) is 0 Å². The number of rotatable bonds is 6. The molecular weight excluding hydrogens is 250 g/mol. The molecule has 0 aromatic carbocycles. The molecule has 0 radical (unpaired) electrons. The van der Waals surface area contributed by atoms with E-state index in [1.807, 2.05) is 24.8 Å². The van der Waals surface area contributed by atoms with Crippen LogP contribution in [0.2, 0.25) is 0 Å². The molecule has 0 saturated heterocycles. The van der Waals surface area contributed by atoms with Crippen molar-refractivity contribution >= 4 is 34.8 Å². The van der Waals surface area contributed by atoms with E-state index in [0.717, 1.165) is 29.9 Å². The normalized spacial score (nSPS) is 12.2. The van der Waals surface area contributed by atoms with Crippen molar-refractivity contribution < 1.29 is 0 Å². The summed E-state index contributed by atoms with van der Waals surface area (Å²) in [6.45, 7) is 5.09. The molecule has 0 saturated carbocycles. The second kappa shape index (κ2) is 6.81. The van der Waals surface area contributed by atoms with E-state index in [-0.39, 0.29) is 0 Å². The summed E-state index contributed by atoms with van der Waals surface area (Å²) in [6, 6.07) is 1.92. The first-order valence-electron chi connectivity index (χ1n) is 5.58. The first-order valence-corrected chi connectivity index (χ1v) is 7.28. The number of nitrogens with zero attached hydrogens (tertiary/aromatic N) is 1. The minimum absolute atomic E-state index is 0.399. The topological polar surface area (TPSA) is 50.9 Å². The molecule has 0 aliphatic carbocycles. The lowest BCUT2D eigenvalue weighted by atomic mass is 10.1. The van der Waals surface area contributed by atoms with Gasteiger partial charge in [-0.05, 0) is 31.2 Å². The quantitative estimate of drug-likeness (QED) is 0.777. The highest BCUT2D eigenvalue weighted by Gasteiger charge is 2.09. The van der Waals surface area contributed by atoms with Gasteiger partial charge in [0.1, 0.15) is 10.8 Å². The molecule has 1 atom stereocenters. The molecule has 1 rings (SSSR count). The molecular formula is C12H19N3S2. The highest BCUT2D eigenvalue weighted by molar-refractivity contribution is 7.99. The van der Waals surface area contributed by atoms with Crippen molar-refractivity contribution in [2.75, 3.05) is 18.1 Å². The van der Waals surface area contributed by atoms with Gasteiger partial charge in [-0.15, -0.1) is 0 Å². The second-order valence-electron chi connectivity index (χ2n) is 3.98. The first kappa shape index (κ1) is 14.3. The lowest BCUT2D eigenvalue weighted by Gasteiger charge is -2.13. The van der Waals surface area contributed by atoms with Crippen LogP contribution >= 0.6 is 24.0 Å². The minimum atomic E-state index is 0.399. The molecule has 17 heavy (non-hydrogen) atoms. The number of nitrogens with two attached hydrogens (primary N) is 1. The number of anilines is 1. The van der Waals surface area contributed by atoms with Crippen LogP contribution in [0.4, 0.5) is 5.82 Å². The molecule has 5 heteroatoms. The van der Waals surface area contributed by atoms with E-state index >= 15 is 0 Å². The van der Waals surface area contributed by atoms with Crippen molar-refractivity contribution in [2.24, 2.45) is 5.73 Å². The molecule has 1 aromatic heterocycles. The Balaban J connectivity index is 2.71.